The van der Waals surface area contributed by atoms with E-state index in [1.54, 1.807) is 0 Å². The third-order valence-corrected chi connectivity index (χ3v) is 7.93. The molecule has 0 N–H and O–H groups in total. The molecule has 4 rings (SSSR count). The molecule has 0 aliphatic heterocycles. The summed E-state index contributed by atoms with van der Waals surface area (Å²) in [4.78, 5) is 13.5. The van der Waals surface area contributed by atoms with Crippen LogP contribution in [-0.2, 0) is 4.79 Å². The van der Waals surface area contributed by atoms with E-state index in [0.29, 0.717) is 30.5 Å². The third kappa shape index (κ3) is 6.05. The molecule has 0 aromatic heterocycles. The lowest BCUT2D eigenvalue weighted by Gasteiger charge is -2.33. The predicted molar refractivity (Wildman–Crippen MR) is 126 cm³/mol. The number of benzene rings is 2. The fourth-order valence-corrected chi connectivity index (χ4v) is 6.18. The number of hydrogen-bond acceptors (Lipinski definition) is 1. The fraction of sp³-hybridized carbons (Fsp3) is 0.552. The Morgan fingerprint density at radius 2 is 0.969 bits per heavy atom. The van der Waals surface area contributed by atoms with Gasteiger partial charge >= 0.3 is 0 Å². The van der Waals surface area contributed by atoms with Crippen molar-refractivity contribution >= 4 is 5.78 Å². The number of Topliss-reactive ketones (excluding diaryl/α,β-unsaturated/α-hetero) is 1. The summed E-state index contributed by atoms with van der Waals surface area (Å²) in [6.45, 7) is 0. The first-order chi connectivity index (χ1) is 15.6. The maximum absolute atomic E-state index is 13.6. The first kappa shape index (κ1) is 23.1. The Morgan fingerprint density at radius 3 is 1.31 bits per heavy atom. The Labute approximate surface area is 191 Å². The molecule has 2 aliphatic rings. The van der Waals surface area contributed by atoms with E-state index in [0.717, 1.165) is 36.8 Å². The molecule has 2 saturated carbocycles. The summed E-state index contributed by atoms with van der Waals surface area (Å²) in [7, 11) is 0. The average molecular weight is 439 g/mol. The van der Waals surface area contributed by atoms with Crippen LogP contribution in [-0.4, -0.2) is 5.78 Å². The number of carbonyl (C=O) groups is 1. The van der Waals surface area contributed by atoms with Crippen LogP contribution in [0.15, 0.2) is 48.5 Å². The molecule has 3 heteroatoms. The second kappa shape index (κ2) is 11.2. The van der Waals surface area contributed by atoms with Crippen LogP contribution in [0.2, 0.25) is 0 Å². The van der Waals surface area contributed by atoms with Gasteiger partial charge < -0.3 is 0 Å². The predicted octanol–water partition coefficient (Wildman–Crippen LogP) is 8.34. The molecule has 0 unspecified atom stereocenters. The van der Waals surface area contributed by atoms with Gasteiger partial charge in [-0.05, 0) is 84.7 Å². The number of halogens is 2. The van der Waals surface area contributed by atoms with Gasteiger partial charge in [-0.2, -0.15) is 0 Å². The molecule has 0 saturated heterocycles. The van der Waals surface area contributed by atoms with E-state index in [1.165, 1.54) is 62.8 Å². The van der Waals surface area contributed by atoms with E-state index in [9.17, 15) is 13.6 Å². The summed E-state index contributed by atoms with van der Waals surface area (Å²) in [5, 5.41) is 0. The monoisotopic (exact) mass is 438 g/mol. The normalized spacial score (nSPS) is 20.1. The van der Waals surface area contributed by atoms with E-state index in [1.807, 2.05) is 24.3 Å². The van der Waals surface area contributed by atoms with E-state index in [4.69, 9.17) is 0 Å². The molecule has 172 valence electrons. The minimum Gasteiger partial charge on any atom is -0.300 e. The van der Waals surface area contributed by atoms with Crippen molar-refractivity contribution in [1.29, 1.82) is 0 Å². The van der Waals surface area contributed by atoms with Gasteiger partial charge in [0.05, 0.1) is 0 Å². The molecule has 2 atom stereocenters. The highest BCUT2D eigenvalue weighted by molar-refractivity contribution is 5.80. The Balaban J connectivity index is 1.52. The zero-order valence-corrected chi connectivity index (χ0v) is 19.1. The standard InChI is InChI=1S/C29H36F2O/c30-25-15-11-23(12-16-25)28(21-7-3-1-4-8-21)19-27(32)20-29(22-9-5-2-6-10-22)24-13-17-26(31)18-14-24/h11-18,21-22,28-29H,1-10,19-20H2/t28-,29-/m1/s1. The molecule has 32 heavy (non-hydrogen) atoms. The second-order valence-electron chi connectivity index (χ2n) is 10.1. The number of rotatable bonds is 8. The van der Waals surface area contributed by atoms with Crippen LogP contribution in [0.1, 0.15) is 100 Å². The van der Waals surface area contributed by atoms with Gasteiger partial charge in [0.2, 0.25) is 0 Å². The Bertz CT molecular complexity index is 774. The van der Waals surface area contributed by atoms with Crippen molar-refractivity contribution in [3.8, 4) is 0 Å². The fourth-order valence-electron chi connectivity index (χ4n) is 6.18. The topological polar surface area (TPSA) is 17.1 Å². The molecular weight excluding hydrogens is 402 g/mol. The van der Waals surface area contributed by atoms with E-state index in [2.05, 4.69) is 0 Å². The molecule has 2 fully saturated rings. The van der Waals surface area contributed by atoms with E-state index < -0.39 is 0 Å². The highest BCUT2D eigenvalue weighted by Crippen LogP contribution is 2.42. The van der Waals surface area contributed by atoms with Gasteiger partial charge in [-0.3, -0.25) is 4.79 Å². The van der Waals surface area contributed by atoms with Crippen LogP contribution >= 0.6 is 0 Å². The highest BCUT2D eigenvalue weighted by atomic mass is 19.1. The summed E-state index contributed by atoms with van der Waals surface area (Å²) in [5.41, 5.74) is 2.20. The molecule has 1 nitrogen and oxygen atoms in total. The molecule has 0 amide bonds. The first-order valence-corrected chi connectivity index (χ1v) is 12.6. The van der Waals surface area contributed by atoms with Crippen molar-refractivity contribution in [3.63, 3.8) is 0 Å². The largest absolute Gasteiger partial charge is 0.300 e. The minimum absolute atomic E-state index is 0.170. The maximum Gasteiger partial charge on any atom is 0.134 e. The Morgan fingerprint density at radius 1 is 0.625 bits per heavy atom. The summed E-state index contributed by atoms with van der Waals surface area (Å²) in [6, 6.07) is 13.6. The zero-order valence-electron chi connectivity index (χ0n) is 19.1. The molecule has 2 aromatic carbocycles. The van der Waals surface area contributed by atoms with Gasteiger partial charge in [-0.1, -0.05) is 62.8 Å². The molecule has 0 bridgehead atoms. The number of ketones is 1. The molecule has 0 spiro atoms. The molecule has 0 radical (unpaired) electrons. The lowest BCUT2D eigenvalue weighted by atomic mass is 9.71. The third-order valence-electron chi connectivity index (χ3n) is 7.93. The highest BCUT2D eigenvalue weighted by Gasteiger charge is 2.31. The molecule has 2 aromatic rings. The first-order valence-electron chi connectivity index (χ1n) is 12.6. The minimum atomic E-state index is -0.226. The van der Waals surface area contributed by atoms with Crippen molar-refractivity contribution in [3.05, 3.63) is 71.3 Å². The van der Waals surface area contributed by atoms with Gasteiger partial charge in [0, 0.05) is 12.8 Å². The Hall–Kier alpha value is -2.03. The van der Waals surface area contributed by atoms with Crippen molar-refractivity contribution in [2.24, 2.45) is 11.8 Å². The number of carbonyl (C=O) groups excluding carboxylic acids is 1. The van der Waals surface area contributed by atoms with Crippen molar-refractivity contribution in [2.75, 3.05) is 0 Å². The summed E-state index contributed by atoms with van der Waals surface area (Å²) >= 11 is 0. The van der Waals surface area contributed by atoms with Crippen LogP contribution in [0.4, 0.5) is 8.78 Å². The van der Waals surface area contributed by atoms with Gasteiger partial charge in [0.15, 0.2) is 0 Å². The molecule has 2 aliphatic carbocycles. The zero-order chi connectivity index (χ0) is 22.3. The van der Waals surface area contributed by atoms with Crippen molar-refractivity contribution in [2.45, 2.75) is 88.9 Å². The lowest BCUT2D eigenvalue weighted by molar-refractivity contribution is -0.120. The quantitative estimate of drug-likeness (QED) is 0.405. The van der Waals surface area contributed by atoms with Crippen LogP contribution in [0.25, 0.3) is 0 Å². The van der Waals surface area contributed by atoms with Crippen LogP contribution in [0.5, 0.6) is 0 Å². The molecular formula is C29H36F2O. The lowest BCUT2D eigenvalue weighted by Crippen LogP contribution is -2.23. The van der Waals surface area contributed by atoms with Gasteiger partial charge in [0.25, 0.3) is 0 Å². The summed E-state index contributed by atoms with van der Waals surface area (Å²) < 4.78 is 27.1. The maximum atomic E-state index is 13.6. The van der Waals surface area contributed by atoms with E-state index in [-0.39, 0.29) is 23.5 Å². The van der Waals surface area contributed by atoms with Crippen molar-refractivity contribution in [1.82, 2.24) is 0 Å². The summed E-state index contributed by atoms with van der Waals surface area (Å²) in [5.74, 6) is 1.18. The van der Waals surface area contributed by atoms with Crippen LogP contribution < -0.4 is 0 Å². The average Bonchev–Trinajstić information content (AvgIpc) is 2.83. The van der Waals surface area contributed by atoms with Gasteiger partial charge in [0.1, 0.15) is 17.4 Å². The van der Waals surface area contributed by atoms with E-state index >= 15 is 0 Å². The van der Waals surface area contributed by atoms with Crippen LogP contribution in [0.3, 0.4) is 0 Å². The number of hydrogen-bond donors (Lipinski definition) is 0. The smallest absolute Gasteiger partial charge is 0.134 e. The van der Waals surface area contributed by atoms with Gasteiger partial charge in [-0.25, -0.2) is 8.78 Å². The Kier molecular flexibility index (Phi) is 8.10. The van der Waals surface area contributed by atoms with Crippen LogP contribution in [0, 0.1) is 23.5 Å². The molecule has 0 heterocycles. The second-order valence-corrected chi connectivity index (χ2v) is 10.1. The summed E-state index contributed by atoms with van der Waals surface area (Å²) in [6.07, 6.45) is 13.1. The van der Waals surface area contributed by atoms with Gasteiger partial charge in [-0.15, -0.1) is 0 Å². The van der Waals surface area contributed by atoms with Crippen molar-refractivity contribution < 1.29 is 13.6 Å². The SMILES string of the molecule is O=C(C[C@@H](c1ccc(F)cc1)C1CCCCC1)C[C@@H](c1ccc(F)cc1)C1CCCCC1.